The van der Waals surface area contributed by atoms with Gasteiger partial charge in [-0.2, -0.15) is 0 Å². The molecule has 0 aliphatic rings. The van der Waals surface area contributed by atoms with Crippen LogP contribution >= 0.6 is 11.8 Å². The highest BCUT2D eigenvalue weighted by molar-refractivity contribution is 7.98. The number of pyridine rings is 1. The molecule has 2 heterocycles. The van der Waals surface area contributed by atoms with Gasteiger partial charge in [-0.25, -0.2) is 9.78 Å². The number of hydrogen-bond acceptors (Lipinski definition) is 4. The van der Waals surface area contributed by atoms with Gasteiger partial charge < -0.3 is 10.1 Å². The summed E-state index contributed by atoms with van der Waals surface area (Å²) in [7, 11) is 0. The van der Waals surface area contributed by atoms with Gasteiger partial charge in [-0.3, -0.25) is 4.98 Å². The highest BCUT2D eigenvalue weighted by Gasteiger charge is 2.17. The van der Waals surface area contributed by atoms with Crippen LogP contribution in [0.25, 0.3) is 11.3 Å². The van der Waals surface area contributed by atoms with Gasteiger partial charge in [0.25, 0.3) is 0 Å². The van der Waals surface area contributed by atoms with Crippen molar-refractivity contribution in [2.75, 3.05) is 6.26 Å². The smallest absolute Gasteiger partial charge is 0.354 e. The lowest BCUT2D eigenvalue weighted by atomic mass is 10.1. The maximum Gasteiger partial charge on any atom is 0.354 e. The van der Waals surface area contributed by atoms with Crippen molar-refractivity contribution in [2.24, 2.45) is 0 Å². The zero-order valence-electron chi connectivity index (χ0n) is 8.47. The van der Waals surface area contributed by atoms with Crippen molar-refractivity contribution in [3.63, 3.8) is 0 Å². The second-order valence-electron chi connectivity index (χ2n) is 3.01. The lowest BCUT2D eigenvalue weighted by Crippen LogP contribution is -1.99. The third kappa shape index (κ3) is 1.92. The Morgan fingerprint density at radius 1 is 1.44 bits per heavy atom. The molecule has 2 rings (SSSR count). The van der Waals surface area contributed by atoms with E-state index in [4.69, 9.17) is 5.11 Å². The molecule has 0 fully saturated rings. The van der Waals surface area contributed by atoms with Crippen LogP contribution in [0.2, 0.25) is 0 Å². The molecule has 0 amide bonds. The summed E-state index contributed by atoms with van der Waals surface area (Å²) in [6, 6.07) is 3.46. The van der Waals surface area contributed by atoms with Crippen LogP contribution in [0, 0.1) is 0 Å². The topological polar surface area (TPSA) is 78.9 Å². The first-order chi connectivity index (χ1) is 7.72. The number of carboxylic acid groups (broad SMARTS) is 1. The number of nitrogens with zero attached hydrogens (tertiary/aromatic N) is 2. The van der Waals surface area contributed by atoms with Crippen molar-refractivity contribution >= 4 is 17.7 Å². The molecule has 82 valence electrons. The first kappa shape index (κ1) is 10.7. The van der Waals surface area contributed by atoms with Crippen molar-refractivity contribution in [3.05, 3.63) is 30.2 Å². The van der Waals surface area contributed by atoms with E-state index in [-0.39, 0.29) is 5.69 Å². The Balaban J connectivity index is 2.55. The molecule has 0 spiro atoms. The summed E-state index contributed by atoms with van der Waals surface area (Å²) >= 11 is 1.37. The van der Waals surface area contributed by atoms with Crippen LogP contribution in [0.1, 0.15) is 10.5 Å². The molecule has 2 N–H and O–H groups in total. The quantitative estimate of drug-likeness (QED) is 0.794. The predicted octanol–water partition coefficient (Wildman–Crippen LogP) is 1.89. The van der Waals surface area contributed by atoms with Crippen molar-refractivity contribution in [3.8, 4) is 11.3 Å². The highest BCUT2D eigenvalue weighted by atomic mass is 32.2. The molecule has 6 heteroatoms. The predicted molar refractivity (Wildman–Crippen MR) is 60.6 cm³/mol. The fourth-order valence-electron chi connectivity index (χ4n) is 1.32. The van der Waals surface area contributed by atoms with Gasteiger partial charge in [-0.15, -0.1) is 0 Å². The van der Waals surface area contributed by atoms with Crippen LogP contribution in [-0.4, -0.2) is 32.3 Å². The minimum absolute atomic E-state index is 0.107. The van der Waals surface area contributed by atoms with E-state index in [1.165, 1.54) is 11.8 Å². The normalized spacial score (nSPS) is 10.3. The van der Waals surface area contributed by atoms with Crippen LogP contribution in [-0.2, 0) is 0 Å². The molecule has 2 aromatic heterocycles. The second kappa shape index (κ2) is 4.36. The molecule has 2 aromatic rings. The lowest BCUT2D eigenvalue weighted by Gasteiger charge is -1.96. The largest absolute Gasteiger partial charge is 0.477 e. The second-order valence-corrected chi connectivity index (χ2v) is 3.81. The van der Waals surface area contributed by atoms with Crippen LogP contribution in [0.4, 0.5) is 0 Å². The van der Waals surface area contributed by atoms with Gasteiger partial charge in [0.2, 0.25) is 0 Å². The molecule has 0 saturated carbocycles. The number of nitrogens with one attached hydrogen (secondary N) is 1. The van der Waals surface area contributed by atoms with E-state index in [0.717, 1.165) is 5.56 Å². The monoisotopic (exact) mass is 235 g/mol. The molecular weight excluding hydrogens is 226 g/mol. The van der Waals surface area contributed by atoms with Gasteiger partial charge >= 0.3 is 5.97 Å². The van der Waals surface area contributed by atoms with Gasteiger partial charge in [0, 0.05) is 18.0 Å². The number of hydrogen-bond donors (Lipinski definition) is 2. The molecule has 0 aliphatic heterocycles. The Kier molecular flexibility index (Phi) is 2.91. The SMILES string of the molecule is CSc1nc(-c2ccncc2)c(C(=O)O)[nH]1. The third-order valence-corrected chi connectivity index (χ3v) is 2.62. The number of carbonyl (C=O) groups is 1. The number of rotatable bonds is 3. The first-order valence-electron chi connectivity index (χ1n) is 4.50. The molecule has 5 nitrogen and oxygen atoms in total. The van der Waals surface area contributed by atoms with E-state index >= 15 is 0 Å². The van der Waals surface area contributed by atoms with Crippen LogP contribution in [0.15, 0.2) is 29.7 Å². The number of thioether (sulfide) groups is 1. The van der Waals surface area contributed by atoms with E-state index in [1.807, 2.05) is 6.26 Å². The number of aromatic amines is 1. The molecule has 0 unspecified atom stereocenters. The number of aromatic carboxylic acids is 1. The Bertz CT molecular complexity index is 510. The average molecular weight is 235 g/mol. The standard InChI is InChI=1S/C10H9N3O2S/c1-16-10-12-7(8(13-10)9(14)15)6-2-4-11-5-3-6/h2-5H,1H3,(H,12,13)(H,14,15). The summed E-state index contributed by atoms with van der Waals surface area (Å²) in [4.78, 5) is 21.9. The lowest BCUT2D eigenvalue weighted by molar-refractivity contribution is 0.0691. The average Bonchev–Trinajstić information content (AvgIpc) is 2.74. The molecule has 16 heavy (non-hydrogen) atoms. The summed E-state index contributed by atoms with van der Waals surface area (Å²) in [5.74, 6) is -1.01. The maximum atomic E-state index is 11.0. The van der Waals surface area contributed by atoms with E-state index in [1.54, 1.807) is 24.5 Å². The van der Waals surface area contributed by atoms with Crippen LogP contribution in [0.5, 0.6) is 0 Å². The van der Waals surface area contributed by atoms with Crippen molar-refractivity contribution < 1.29 is 9.90 Å². The number of imidazole rings is 1. The van der Waals surface area contributed by atoms with Crippen LogP contribution in [0.3, 0.4) is 0 Å². The molecule has 0 aromatic carbocycles. The van der Waals surface area contributed by atoms with Gasteiger partial charge in [0.1, 0.15) is 5.69 Å². The Labute approximate surface area is 95.9 Å². The highest BCUT2D eigenvalue weighted by Crippen LogP contribution is 2.23. The van der Waals surface area contributed by atoms with E-state index in [2.05, 4.69) is 15.0 Å². The maximum absolute atomic E-state index is 11.0. The fourth-order valence-corrected chi connectivity index (χ4v) is 1.71. The fraction of sp³-hybridized carbons (Fsp3) is 0.100. The molecular formula is C10H9N3O2S. The zero-order valence-corrected chi connectivity index (χ0v) is 9.28. The molecule has 0 radical (unpaired) electrons. The summed E-state index contributed by atoms with van der Waals surface area (Å²) in [6.45, 7) is 0. The first-order valence-corrected chi connectivity index (χ1v) is 5.72. The summed E-state index contributed by atoms with van der Waals surface area (Å²) in [6.07, 6.45) is 5.05. The zero-order chi connectivity index (χ0) is 11.5. The molecule has 0 atom stereocenters. The van der Waals surface area contributed by atoms with Gasteiger partial charge in [-0.1, -0.05) is 11.8 Å². The van der Waals surface area contributed by atoms with E-state index in [0.29, 0.717) is 10.9 Å². The van der Waals surface area contributed by atoms with Gasteiger partial charge in [0.05, 0.1) is 0 Å². The number of carboxylic acids is 1. The van der Waals surface area contributed by atoms with Gasteiger partial charge in [-0.05, 0) is 18.4 Å². The molecule has 0 aliphatic carbocycles. The van der Waals surface area contributed by atoms with Crippen molar-refractivity contribution in [1.82, 2.24) is 15.0 Å². The summed E-state index contributed by atoms with van der Waals surface area (Å²) < 4.78 is 0. The number of H-pyrrole nitrogens is 1. The summed E-state index contributed by atoms with van der Waals surface area (Å²) in [5.41, 5.74) is 1.29. The minimum atomic E-state index is -1.01. The molecule has 0 saturated heterocycles. The third-order valence-electron chi connectivity index (χ3n) is 2.04. The van der Waals surface area contributed by atoms with E-state index in [9.17, 15) is 4.79 Å². The summed E-state index contributed by atoms with van der Waals surface area (Å²) in [5, 5.41) is 9.63. The van der Waals surface area contributed by atoms with E-state index < -0.39 is 5.97 Å². The Hall–Kier alpha value is -1.82. The number of aromatic nitrogens is 3. The van der Waals surface area contributed by atoms with Gasteiger partial charge in [0.15, 0.2) is 10.9 Å². The van der Waals surface area contributed by atoms with Crippen molar-refractivity contribution in [1.29, 1.82) is 0 Å². The van der Waals surface area contributed by atoms with Crippen molar-refractivity contribution in [2.45, 2.75) is 5.16 Å². The van der Waals surface area contributed by atoms with Crippen LogP contribution < -0.4 is 0 Å². The molecule has 0 bridgehead atoms. The Morgan fingerprint density at radius 3 is 2.69 bits per heavy atom. The minimum Gasteiger partial charge on any atom is -0.477 e. The Morgan fingerprint density at radius 2 is 2.12 bits per heavy atom.